The van der Waals surface area contributed by atoms with Crippen LogP contribution in [0.3, 0.4) is 0 Å². The highest BCUT2D eigenvalue weighted by molar-refractivity contribution is 6.01. The monoisotopic (exact) mass is 364 g/mol. The Morgan fingerprint density at radius 2 is 1.70 bits per heavy atom. The normalized spacial score (nSPS) is 13.6. The van der Waals surface area contributed by atoms with Crippen molar-refractivity contribution < 1.29 is 14.3 Å². The molecule has 0 N–H and O–H groups in total. The molecular formula is C22H24N2O3. The van der Waals surface area contributed by atoms with Gasteiger partial charge in [0.2, 0.25) is 0 Å². The fourth-order valence-electron chi connectivity index (χ4n) is 4.09. The maximum Gasteiger partial charge on any atom is 0.271 e. The molecule has 1 aliphatic heterocycles. The minimum atomic E-state index is 0.0756. The van der Waals surface area contributed by atoms with Crippen molar-refractivity contribution in [1.82, 2.24) is 9.47 Å². The van der Waals surface area contributed by atoms with E-state index in [9.17, 15) is 4.79 Å². The first-order valence-electron chi connectivity index (χ1n) is 9.12. The summed E-state index contributed by atoms with van der Waals surface area (Å²) in [5, 5.41) is 1.13. The molecule has 5 heteroatoms. The smallest absolute Gasteiger partial charge is 0.271 e. The maximum atomic E-state index is 13.3. The van der Waals surface area contributed by atoms with Crippen LogP contribution in [0.15, 0.2) is 36.4 Å². The van der Waals surface area contributed by atoms with Crippen LogP contribution in [-0.2, 0) is 20.0 Å². The van der Waals surface area contributed by atoms with Crippen LogP contribution < -0.4 is 9.47 Å². The highest BCUT2D eigenvalue weighted by atomic mass is 16.5. The molecule has 0 atom stereocenters. The lowest BCUT2D eigenvalue weighted by Gasteiger charge is -2.30. The van der Waals surface area contributed by atoms with Crippen LogP contribution in [0.2, 0.25) is 0 Å². The lowest BCUT2D eigenvalue weighted by atomic mass is 9.98. The molecule has 0 fully saturated rings. The summed E-state index contributed by atoms with van der Waals surface area (Å²) in [4.78, 5) is 15.3. The van der Waals surface area contributed by atoms with Crippen molar-refractivity contribution >= 4 is 16.8 Å². The number of benzene rings is 2. The zero-order valence-electron chi connectivity index (χ0n) is 16.2. The van der Waals surface area contributed by atoms with E-state index in [1.165, 1.54) is 5.56 Å². The lowest BCUT2D eigenvalue weighted by Crippen LogP contribution is -2.37. The number of hydrogen-bond acceptors (Lipinski definition) is 3. The van der Waals surface area contributed by atoms with Crippen molar-refractivity contribution in [2.24, 2.45) is 7.05 Å². The summed E-state index contributed by atoms with van der Waals surface area (Å²) in [6.07, 6.45) is 0.810. The zero-order valence-corrected chi connectivity index (χ0v) is 16.2. The molecule has 1 aliphatic rings. The fraction of sp³-hybridized carbons (Fsp3) is 0.318. The van der Waals surface area contributed by atoms with Gasteiger partial charge in [0.15, 0.2) is 11.5 Å². The van der Waals surface area contributed by atoms with E-state index in [1.54, 1.807) is 14.2 Å². The fourth-order valence-corrected chi connectivity index (χ4v) is 4.09. The van der Waals surface area contributed by atoms with Crippen LogP contribution in [-0.4, -0.2) is 36.1 Å². The third-order valence-electron chi connectivity index (χ3n) is 5.57. The first-order valence-corrected chi connectivity index (χ1v) is 9.12. The van der Waals surface area contributed by atoms with Crippen molar-refractivity contribution in [3.05, 3.63) is 58.8 Å². The topological polar surface area (TPSA) is 43.7 Å². The van der Waals surface area contributed by atoms with Gasteiger partial charge in [0.05, 0.1) is 14.2 Å². The van der Waals surface area contributed by atoms with Gasteiger partial charge in [-0.05, 0) is 48.2 Å². The van der Waals surface area contributed by atoms with Gasteiger partial charge in [0, 0.05) is 31.0 Å². The molecule has 0 saturated carbocycles. The number of aryl methyl sites for hydroxylation is 2. The number of rotatable bonds is 3. The molecule has 0 unspecified atom stereocenters. The number of ether oxygens (including phenoxy) is 2. The number of methoxy groups -OCH3 is 2. The lowest BCUT2D eigenvalue weighted by molar-refractivity contribution is 0.0724. The van der Waals surface area contributed by atoms with Crippen LogP contribution >= 0.6 is 0 Å². The average molecular weight is 364 g/mol. The third-order valence-corrected chi connectivity index (χ3v) is 5.57. The van der Waals surface area contributed by atoms with Crippen molar-refractivity contribution in [2.75, 3.05) is 20.8 Å². The highest BCUT2D eigenvalue weighted by Gasteiger charge is 2.27. The van der Waals surface area contributed by atoms with E-state index < -0.39 is 0 Å². The molecule has 3 aromatic rings. The van der Waals surface area contributed by atoms with Gasteiger partial charge in [-0.15, -0.1) is 0 Å². The van der Waals surface area contributed by atoms with E-state index in [-0.39, 0.29) is 5.91 Å². The molecule has 4 rings (SSSR count). The summed E-state index contributed by atoms with van der Waals surface area (Å²) in [7, 11) is 5.25. The Labute approximate surface area is 159 Å². The Morgan fingerprint density at radius 1 is 1.04 bits per heavy atom. The van der Waals surface area contributed by atoms with Crippen LogP contribution in [0.5, 0.6) is 11.5 Å². The van der Waals surface area contributed by atoms with E-state index in [1.807, 2.05) is 47.7 Å². The van der Waals surface area contributed by atoms with Crippen molar-refractivity contribution in [2.45, 2.75) is 19.9 Å². The minimum Gasteiger partial charge on any atom is -0.493 e. The van der Waals surface area contributed by atoms with Crippen molar-refractivity contribution in [3.8, 4) is 11.5 Å². The molecule has 0 aliphatic carbocycles. The van der Waals surface area contributed by atoms with Gasteiger partial charge in [-0.1, -0.05) is 18.2 Å². The van der Waals surface area contributed by atoms with E-state index in [2.05, 4.69) is 12.1 Å². The molecule has 5 nitrogen and oxygen atoms in total. The van der Waals surface area contributed by atoms with Gasteiger partial charge < -0.3 is 18.9 Å². The Kier molecular flexibility index (Phi) is 4.30. The van der Waals surface area contributed by atoms with Crippen LogP contribution in [0.4, 0.5) is 0 Å². The highest BCUT2D eigenvalue weighted by Crippen LogP contribution is 2.34. The Bertz CT molecular complexity index is 997. The number of carbonyl (C=O) groups excluding carboxylic acids is 1. The predicted octanol–water partition coefficient (Wildman–Crippen LogP) is 3.70. The molecule has 27 heavy (non-hydrogen) atoms. The average Bonchev–Trinajstić information content (AvgIpc) is 2.96. The van der Waals surface area contributed by atoms with Gasteiger partial charge in [-0.3, -0.25) is 4.79 Å². The van der Waals surface area contributed by atoms with E-state index >= 15 is 0 Å². The van der Waals surface area contributed by atoms with Crippen LogP contribution in [0, 0.1) is 6.92 Å². The number of nitrogens with zero attached hydrogens (tertiary/aromatic N) is 2. The van der Waals surface area contributed by atoms with E-state index in [0.717, 1.165) is 39.9 Å². The quantitative estimate of drug-likeness (QED) is 0.712. The van der Waals surface area contributed by atoms with Gasteiger partial charge in [0.1, 0.15) is 5.69 Å². The van der Waals surface area contributed by atoms with Gasteiger partial charge in [-0.2, -0.15) is 0 Å². The summed E-state index contributed by atoms with van der Waals surface area (Å²) in [5.74, 6) is 1.51. The molecule has 0 spiro atoms. The van der Waals surface area contributed by atoms with Gasteiger partial charge in [0.25, 0.3) is 5.91 Å². The third kappa shape index (κ3) is 2.74. The molecule has 0 radical (unpaired) electrons. The minimum absolute atomic E-state index is 0.0756. The second kappa shape index (κ2) is 6.65. The molecule has 0 bridgehead atoms. The number of carbonyl (C=O) groups is 1. The number of amides is 1. The standard InChI is InChI=1S/C22H24N2O3/c1-14-17-7-5-6-8-18(17)23(2)21(14)22(25)24-10-9-15-11-19(26-3)20(27-4)12-16(15)13-24/h5-8,11-12H,9-10,13H2,1-4H3. The van der Waals surface area contributed by atoms with Crippen LogP contribution in [0.25, 0.3) is 10.9 Å². The molecular weight excluding hydrogens is 340 g/mol. The summed E-state index contributed by atoms with van der Waals surface area (Å²) in [5.41, 5.74) is 5.22. The van der Waals surface area contributed by atoms with Crippen molar-refractivity contribution in [3.63, 3.8) is 0 Å². The summed E-state index contributed by atoms with van der Waals surface area (Å²) in [6, 6.07) is 12.2. The Balaban J connectivity index is 1.69. The molecule has 1 aromatic heterocycles. The Hall–Kier alpha value is -2.95. The maximum absolute atomic E-state index is 13.3. The molecule has 1 amide bonds. The Morgan fingerprint density at radius 3 is 2.37 bits per heavy atom. The van der Waals surface area contributed by atoms with Crippen molar-refractivity contribution in [1.29, 1.82) is 0 Å². The number of fused-ring (bicyclic) bond motifs is 2. The van der Waals surface area contributed by atoms with Gasteiger partial charge >= 0.3 is 0 Å². The summed E-state index contributed by atoms with van der Waals surface area (Å²) in [6.45, 7) is 3.30. The van der Waals surface area contributed by atoms with Crippen LogP contribution in [0.1, 0.15) is 27.2 Å². The number of para-hydroxylation sites is 1. The zero-order chi connectivity index (χ0) is 19.1. The second-order valence-electron chi connectivity index (χ2n) is 7.00. The second-order valence-corrected chi connectivity index (χ2v) is 7.00. The predicted molar refractivity (Wildman–Crippen MR) is 106 cm³/mol. The number of hydrogen-bond donors (Lipinski definition) is 0. The molecule has 2 aromatic carbocycles. The molecule has 2 heterocycles. The first-order chi connectivity index (χ1) is 13.0. The summed E-state index contributed by atoms with van der Waals surface area (Å²) < 4.78 is 12.8. The SMILES string of the molecule is COc1cc2c(cc1OC)CN(C(=O)c1c(C)c3ccccc3n1C)CC2. The number of aromatic nitrogens is 1. The van der Waals surface area contributed by atoms with Gasteiger partial charge in [-0.25, -0.2) is 0 Å². The van der Waals surface area contributed by atoms with E-state index in [4.69, 9.17) is 9.47 Å². The molecule has 140 valence electrons. The summed E-state index contributed by atoms with van der Waals surface area (Å²) >= 11 is 0. The van der Waals surface area contributed by atoms with E-state index in [0.29, 0.717) is 18.8 Å². The first kappa shape index (κ1) is 17.5. The molecule has 0 saturated heterocycles. The largest absolute Gasteiger partial charge is 0.493 e.